The molecule has 0 saturated heterocycles. The van der Waals surface area contributed by atoms with E-state index in [0.29, 0.717) is 0 Å². The molecular formula is C15H25NO2. The molecular weight excluding hydrogens is 226 g/mol. The summed E-state index contributed by atoms with van der Waals surface area (Å²) >= 11 is 0. The van der Waals surface area contributed by atoms with Crippen LogP contribution in [0.5, 0.6) is 5.75 Å². The van der Waals surface area contributed by atoms with Gasteiger partial charge in [0.1, 0.15) is 5.75 Å². The Morgan fingerprint density at radius 1 is 1.28 bits per heavy atom. The zero-order valence-corrected chi connectivity index (χ0v) is 12.2. The third kappa shape index (κ3) is 3.24. The Bertz CT molecular complexity index is 394. The third-order valence-electron chi connectivity index (χ3n) is 3.18. The second-order valence-electron chi connectivity index (χ2n) is 5.72. The Hall–Kier alpha value is -1.06. The second kappa shape index (κ2) is 5.72. The van der Waals surface area contributed by atoms with E-state index in [0.717, 1.165) is 16.9 Å². The summed E-state index contributed by atoms with van der Waals surface area (Å²) in [6.07, 6.45) is -0.434. The molecule has 0 aromatic heterocycles. The molecule has 0 saturated carbocycles. The maximum absolute atomic E-state index is 9.79. The predicted octanol–water partition coefficient (Wildman–Crippen LogP) is 2.63. The van der Waals surface area contributed by atoms with Gasteiger partial charge in [0.25, 0.3) is 0 Å². The van der Waals surface area contributed by atoms with Gasteiger partial charge in [0.2, 0.25) is 0 Å². The van der Waals surface area contributed by atoms with Crippen LogP contribution in [0.15, 0.2) is 18.2 Å². The van der Waals surface area contributed by atoms with Crippen molar-refractivity contribution in [2.24, 2.45) is 0 Å². The van der Waals surface area contributed by atoms with Crippen molar-refractivity contribution in [1.82, 2.24) is 5.32 Å². The van der Waals surface area contributed by atoms with Crippen LogP contribution in [0.25, 0.3) is 0 Å². The molecule has 0 aliphatic carbocycles. The molecule has 1 aromatic rings. The van der Waals surface area contributed by atoms with Crippen LogP contribution in [-0.4, -0.2) is 25.4 Å². The van der Waals surface area contributed by atoms with Gasteiger partial charge in [-0.25, -0.2) is 0 Å². The highest BCUT2D eigenvalue weighted by Gasteiger charge is 2.22. The van der Waals surface area contributed by atoms with Gasteiger partial charge >= 0.3 is 0 Å². The van der Waals surface area contributed by atoms with Crippen LogP contribution >= 0.6 is 0 Å². The van der Waals surface area contributed by atoms with Gasteiger partial charge in [-0.3, -0.25) is 0 Å². The van der Waals surface area contributed by atoms with E-state index in [9.17, 15) is 5.11 Å². The van der Waals surface area contributed by atoms with Crippen molar-refractivity contribution in [2.45, 2.75) is 45.3 Å². The van der Waals surface area contributed by atoms with Crippen molar-refractivity contribution in [3.63, 3.8) is 0 Å². The number of hydrogen-bond donors (Lipinski definition) is 2. The fourth-order valence-electron chi connectivity index (χ4n) is 2.19. The van der Waals surface area contributed by atoms with Crippen molar-refractivity contribution >= 4 is 0 Å². The maximum atomic E-state index is 9.79. The Balaban J connectivity index is 3.26. The lowest BCUT2D eigenvalue weighted by atomic mass is 9.84. The second-order valence-corrected chi connectivity index (χ2v) is 5.72. The Kier molecular flexibility index (Phi) is 4.77. The summed E-state index contributed by atoms with van der Waals surface area (Å²) in [6.45, 7) is 8.27. The number of aliphatic hydroxyl groups excluding tert-OH is 1. The summed E-state index contributed by atoms with van der Waals surface area (Å²) in [6, 6.07) is 6.04. The summed E-state index contributed by atoms with van der Waals surface area (Å²) in [5.74, 6) is 0.895. The average molecular weight is 251 g/mol. The highest BCUT2D eigenvalue weighted by atomic mass is 16.5. The SMILES string of the molecule is CNC(c1ccc(OC)c(C(C)(C)C)c1)C(C)O. The molecule has 0 bridgehead atoms. The molecule has 2 N–H and O–H groups in total. The zero-order chi connectivity index (χ0) is 13.9. The molecule has 0 heterocycles. The van der Waals surface area contributed by atoms with Gasteiger partial charge in [-0.05, 0) is 42.6 Å². The van der Waals surface area contributed by atoms with Crippen LogP contribution in [0.3, 0.4) is 0 Å². The van der Waals surface area contributed by atoms with E-state index in [1.165, 1.54) is 0 Å². The number of ether oxygens (including phenoxy) is 1. The third-order valence-corrected chi connectivity index (χ3v) is 3.18. The van der Waals surface area contributed by atoms with Crippen molar-refractivity contribution in [2.75, 3.05) is 14.2 Å². The number of benzene rings is 1. The molecule has 0 radical (unpaired) electrons. The molecule has 102 valence electrons. The first kappa shape index (κ1) is 15.0. The topological polar surface area (TPSA) is 41.5 Å². The first-order valence-corrected chi connectivity index (χ1v) is 6.35. The average Bonchev–Trinajstić information content (AvgIpc) is 2.28. The van der Waals surface area contributed by atoms with Crippen LogP contribution in [0.1, 0.15) is 44.9 Å². The molecule has 1 rings (SSSR count). The predicted molar refractivity (Wildman–Crippen MR) is 75.2 cm³/mol. The highest BCUT2D eigenvalue weighted by Crippen LogP contribution is 2.33. The quantitative estimate of drug-likeness (QED) is 0.864. The number of aliphatic hydroxyl groups is 1. The highest BCUT2D eigenvalue weighted by molar-refractivity contribution is 5.42. The van der Waals surface area contributed by atoms with Crippen LogP contribution in [0, 0.1) is 0 Å². The normalized spacial score (nSPS) is 15.3. The summed E-state index contributed by atoms with van der Waals surface area (Å²) in [5, 5.41) is 12.9. The van der Waals surface area contributed by atoms with Crippen molar-refractivity contribution < 1.29 is 9.84 Å². The monoisotopic (exact) mass is 251 g/mol. The van der Waals surface area contributed by atoms with Crippen molar-refractivity contribution in [1.29, 1.82) is 0 Å². The number of nitrogens with one attached hydrogen (secondary N) is 1. The molecule has 0 aliphatic rings. The van der Waals surface area contributed by atoms with Gasteiger partial charge in [0, 0.05) is 0 Å². The maximum Gasteiger partial charge on any atom is 0.122 e. The van der Waals surface area contributed by atoms with Crippen LogP contribution < -0.4 is 10.1 Å². The van der Waals surface area contributed by atoms with E-state index < -0.39 is 6.10 Å². The Morgan fingerprint density at radius 2 is 1.89 bits per heavy atom. The largest absolute Gasteiger partial charge is 0.496 e. The van der Waals surface area contributed by atoms with Gasteiger partial charge in [-0.15, -0.1) is 0 Å². The summed E-state index contributed by atoms with van der Waals surface area (Å²) in [4.78, 5) is 0. The van der Waals surface area contributed by atoms with Crippen LogP contribution in [-0.2, 0) is 5.41 Å². The van der Waals surface area contributed by atoms with Crippen LogP contribution in [0.4, 0.5) is 0 Å². The van der Waals surface area contributed by atoms with Gasteiger partial charge in [-0.1, -0.05) is 26.8 Å². The first-order chi connectivity index (χ1) is 8.31. The molecule has 2 unspecified atom stereocenters. The van der Waals surface area contributed by atoms with E-state index in [2.05, 4.69) is 32.2 Å². The Labute approximate surface area is 110 Å². The fourth-order valence-corrected chi connectivity index (χ4v) is 2.19. The van der Waals surface area contributed by atoms with Gasteiger partial charge in [0.15, 0.2) is 0 Å². The zero-order valence-electron chi connectivity index (χ0n) is 12.2. The fraction of sp³-hybridized carbons (Fsp3) is 0.600. The first-order valence-electron chi connectivity index (χ1n) is 6.35. The summed E-state index contributed by atoms with van der Waals surface area (Å²) in [7, 11) is 3.55. The summed E-state index contributed by atoms with van der Waals surface area (Å²) < 4.78 is 5.42. The van der Waals surface area contributed by atoms with Gasteiger partial charge in [0.05, 0.1) is 19.3 Å². The van der Waals surface area contributed by atoms with E-state index in [1.807, 2.05) is 19.2 Å². The van der Waals surface area contributed by atoms with Gasteiger partial charge < -0.3 is 15.2 Å². The number of methoxy groups -OCH3 is 1. The standard InChI is InChI=1S/C15H25NO2/c1-10(17)14(16-5)11-7-8-13(18-6)12(9-11)15(2,3)4/h7-10,14,16-17H,1-6H3. The summed E-state index contributed by atoms with van der Waals surface area (Å²) in [5.41, 5.74) is 2.25. The minimum atomic E-state index is -0.434. The lowest BCUT2D eigenvalue weighted by Crippen LogP contribution is -2.27. The molecule has 0 spiro atoms. The molecule has 3 nitrogen and oxygen atoms in total. The van der Waals surface area contributed by atoms with Gasteiger partial charge in [-0.2, -0.15) is 0 Å². The van der Waals surface area contributed by atoms with Crippen molar-refractivity contribution in [3.8, 4) is 5.75 Å². The molecule has 0 fully saturated rings. The molecule has 0 aliphatic heterocycles. The smallest absolute Gasteiger partial charge is 0.122 e. The molecule has 1 aromatic carbocycles. The van der Waals surface area contributed by atoms with E-state index in [4.69, 9.17) is 4.74 Å². The minimum Gasteiger partial charge on any atom is -0.496 e. The van der Waals surface area contributed by atoms with E-state index in [1.54, 1.807) is 14.0 Å². The molecule has 3 heteroatoms. The van der Waals surface area contributed by atoms with Crippen LogP contribution in [0.2, 0.25) is 0 Å². The van der Waals surface area contributed by atoms with Crippen molar-refractivity contribution in [3.05, 3.63) is 29.3 Å². The number of likely N-dealkylation sites (N-methyl/N-ethyl adjacent to an activating group) is 1. The van der Waals surface area contributed by atoms with E-state index >= 15 is 0 Å². The molecule has 0 amide bonds. The minimum absolute atomic E-state index is 0.0122. The van der Waals surface area contributed by atoms with E-state index in [-0.39, 0.29) is 11.5 Å². The lowest BCUT2D eigenvalue weighted by Gasteiger charge is -2.26. The Morgan fingerprint density at radius 3 is 2.28 bits per heavy atom. The molecule has 2 atom stereocenters. The lowest BCUT2D eigenvalue weighted by molar-refractivity contribution is 0.150. The number of rotatable bonds is 4. The number of hydrogen-bond acceptors (Lipinski definition) is 3. The molecule has 18 heavy (non-hydrogen) atoms.